The molecule has 80 valence electrons. The van der Waals surface area contributed by atoms with Gasteiger partial charge in [-0.1, -0.05) is 17.7 Å². The zero-order valence-corrected chi connectivity index (χ0v) is 9.33. The molecule has 0 bridgehead atoms. The Morgan fingerprint density at radius 1 is 1.27 bits per heavy atom. The molecule has 1 aliphatic heterocycles. The minimum Gasteiger partial charge on any atom is -0.425 e. The number of esters is 1. The van der Waals surface area contributed by atoms with E-state index in [-0.39, 0.29) is 5.97 Å². The number of carbonyl (C=O) groups excluding carboxylic acids is 1. The van der Waals surface area contributed by atoms with Crippen LogP contribution in [0.3, 0.4) is 0 Å². The number of rotatable bonds is 0. The molecule has 0 fully saturated rings. The zero-order chi connectivity index (χ0) is 11.0. The highest BCUT2D eigenvalue weighted by Gasteiger charge is 2.20. The third-order valence-corrected chi connectivity index (χ3v) is 2.55. The van der Waals surface area contributed by atoms with Crippen LogP contribution in [-0.4, -0.2) is 24.5 Å². The van der Waals surface area contributed by atoms with Gasteiger partial charge in [0.05, 0.1) is 6.54 Å². The Labute approximate surface area is 89.7 Å². The summed E-state index contributed by atoms with van der Waals surface area (Å²) in [6.45, 7) is 5.15. The third-order valence-electron chi connectivity index (χ3n) is 2.55. The van der Waals surface area contributed by atoms with Crippen molar-refractivity contribution in [2.45, 2.75) is 20.4 Å². The van der Waals surface area contributed by atoms with Gasteiger partial charge in [-0.3, -0.25) is 9.69 Å². The fraction of sp³-hybridized carbons (Fsp3) is 0.417. The van der Waals surface area contributed by atoms with E-state index < -0.39 is 0 Å². The summed E-state index contributed by atoms with van der Waals surface area (Å²) in [5.74, 6) is 0.568. The number of hydrogen-bond donors (Lipinski definition) is 0. The first-order valence-electron chi connectivity index (χ1n) is 5.05. The van der Waals surface area contributed by atoms with Gasteiger partial charge in [-0.2, -0.15) is 0 Å². The summed E-state index contributed by atoms with van der Waals surface area (Å²) in [6, 6.07) is 4.12. The highest BCUT2D eigenvalue weighted by Crippen LogP contribution is 2.28. The summed E-state index contributed by atoms with van der Waals surface area (Å²) < 4.78 is 5.33. The van der Waals surface area contributed by atoms with Crippen LogP contribution in [0.25, 0.3) is 0 Å². The lowest BCUT2D eigenvalue weighted by Gasteiger charge is -2.12. The van der Waals surface area contributed by atoms with Gasteiger partial charge in [-0.05, 0) is 26.5 Å². The Kier molecular flexibility index (Phi) is 2.49. The first-order chi connectivity index (χ1) is 7.06. The van der Waals surface area contributed by atoms with Gasteiger partial charge in [0.15, 0.2) is 0 Å². The monoisotopic (exact) mass is 205 g/mol. The maximum Gasteiger partial charge on any atom is 0.325 e. The van der Waals surface area contributed by atoms with Crippen LogP contribution in [0.15, 0.2) is 12.1 Å². The number of hydrogen-bond acceptors (Lipinski definition) is 3. The molecule has 1 aromatic rings. The zero-order valence-electron chi connectivity index (χ0n) is 9.33. The maximum absolute atomic E-state index is 11.4. The lowest BCUT2D eigenvalue weighted by Crippen LogP contribution is -2.25. The topological polar surface area (TPSA) is 29.5 Å². The van der Waals surface area contributed by atoms with Crippen molar-refractivity contribution in [1.29, 1.82) is 0 Å². The van der Waals surface area contributed by atoms with E-state index in [9.17, 15) is 4.79 Å². The summed E-state index contributed by atoms with van der Waals surface area (Å²) >= 11 is 0. The summed E-state index contributed by atoms with van der Waals surface area (Å²) in [7, 11) is 1.92. The van der Waals surface area contributed by atoms with Crippen LogP contribution in [0.1, 0.15) is 16.7 Å². The number of nitrogens with zero attached hydrogens (tertiary/aromatic N) is 1. The Morgan fingerprint density at radius 2 is 2.00 bits per heavy atom. The second-order valence-corrected chi connectivity index (χ2v) is 4.22. The largest absolute Gasteiger partial charge is 0.425 e. The van der Waals surface area contributed by atoms with Gasteiger partial charge in [-0.15, -0.1) is 0 Å². The van der Waals surface area contributed by atoms with Crippen LogP contribution in [0.2, 0.25) is 0 Å². The van der Waals surface area contributed by atoms with Crippen molar-refractivity contribution >= 4 is 5.97 Å². The average molecular weight is 205 g/mol. The van der Waals surface area contributed by atoms with Crippen LogP contribution in [0.4, 0.5) is 0 Å². The number of aryl methyl sites for hydroxylation is 2. The average Bonchev–Trinajstić information content (AvgIpc) is 2.22. The first-order valence-corrected chi connectivity index (χ1v) is 5.05. The molecule has 0 spiro atoms. The number of likely N-dealkylation sites (N-methyl/N-ethyl adjacent to an activating group) is 1. The molecule has 0 amide bonds. The predicted molar refractivity (Wildman–Crippen MR) is 57.9 cm³/mol. The van der Waals surface area contributed by atoms with Crippen molar-refractivity contribution in [2.24, 2.45) is 0 Å². The van der Waals surface area contributed by atoms with Crippen molar-refractivity contribution in [1.82, 2.24) is 4.90 Å². The lowest BCUT2D eigenvalue weighted by molar-refractivity contribution is -0.134. The molecule has 1 aliphatic rings. The second-order valence-electron chi connectivity index (χ2n) is 4.22. The van der Waals surface area contributed by atoms with Gasteiger partial charge in [0.1, 0.15) is 5.75 Å². The van der Waals surface area contributed by atoms with Crippen LogP contribution >= 0.6 is 0 Å². The molecule has 0 aromatic heterocycles. The third kappa shape index (κ3) is 2.02. The molecule has 3 heteroatoms. The molecule has 0 unspecified atom stereocenters. The van der Waals surface area contributed by atoms with Gasteiger partial charge in [-0.25, -0.2) is 0 Å². The molecule has 1 heterocycles. The van der Waals surface area contributed by atoms with Gasteiger partial charge >= 0.3 is 5.97 Å². The Hall–Kier alpha value is -1.35. The van der Waals surface area contributed by atoms with E-state index in [4.69, 9.17) is 4.74 Å². The minimum absolute atomic E-state index is 0.178. The fourth-order valence-corrected chi connectivity index (χ4v) is 2.02. The maximum atomic E-state index is 11.4. The number of fused-ring (bicyclic) bond motifs is 1. The molecule has 2 rings (SSSR count). The quantitative estimate of drug-likeness (QED) is 0.476. The van der Waals surface area contributed by atoms with Gasteiger partial charge in [0, 0.05) is 12.1 Å². The molecule has 0 radical (unpaired) electrons. The van der Waals surface area contributed by atoms with Crippen LogP contribution in [0.5, 0.6) is 5.75 Å². The number of carbonyl (C=O) groups is 1. The lowest BCUT2D eigenvalue weighted by atomic mass is 10.1. The predicted octanol–water partition coefficient (Wildman–Crippen LogP) is 1.65. The molecule has 0 saturated carbocycles. The first kappa shape index (κ1) is 10.2. The molecule has 15 heavy (non-hydrogen) atoms. The van der Waals surface area contributed by atoms with Gasteiger partial charge in [0.2, 0.25) is 0 Å². The fourth-order valence-electron chi connectivity index (χ4n) is 2.02. The number of ether oxygens (including phenoxy) is 1. The summed E-state index contributed by atoms with van der Waals surface area (Å²) in [4.78, 5) is 13.4. The number of benzene rings is 1. The standard InChI is InChI=1S/C12H15NO2/c1-8-4-9(2)12-10(5-8)6-13(3)7-11(14)15-12/h4-5H,6-7H2,1-3H3. The van der Waals surface area contributed by atoms with E-state index in [1.165, 1.54) is 5.56 Å². The summed E-state index contributed by atoms with van der Waals surface area (Å²) in [5, 5.41) is 0. The van der Waals surface area contributed by atoms with E-state index in [0.717, 1.165) is 23.4 Å². The smallest absolute Gasteiger partial charge is 0.325 e. The highest BCUT2D eigenvalue weighted by atomic mass is 16.5. The van der Waals surface area contributed by atoms with E-state index in [2.05, 4.69) is 13.0 Å². The van der Waals surface area contributed by atoms with Crippen molar-refractivity contribution in [3.8, 4) is 5.75 Å². The van der Waals surface area contributed by atoms with E-state index in [1.54, 1.807) is 0 Å². The highest BCUT2D eigenvalue weighted by molar-refractivity contribution is 5.76. The molecule has 1 aromatic carbocycles. The Balaban J connectivity index is 2.50. The Bertz CT molecular complexity index is 412. The summed E-state index contributed by atoms with van der Waals surface area (Å²) in [5.41, 5.74) is 3.34. The van der Waals surface area contributed by atoms with Crippen molar-refractivity contribution < 1.29 is 9.53 Å². The van der Waals surface area contributed by atoms with Crippen molar-refractivity contribution in [3.63, 3.8) is 0 Å². The molecular formula is C12H15NO2. The van der Waals surface area contributed by atoms with Crippen molar-refractivity contribution in [3.05, 3.63) is 28.8 Å². The molecular weight excluding hydrogens is 190 g/mol. The Morgan fingerprint density at radius 3 is 2.73 bits per heavy atom. The van der Waals surface area contributed by atoms with Gasteiger partial charge < -0.3 is 4.74 Å². The molecule has 0 aliphatic carbocycles. The molecule has 0 atom stereocenters. The van der Waals surface area contributed by atoms with Crippen molar-refractivity contribution in [2.75, 3.05) is 13.6 Å². The normalized spacial score (nSPS) is 16.9. The minimum atomic E-state index is -0.178. The molecule has 3 nitrogen and oxygen atoms in total. The van der Waals surface area contributed by atoms with E-state index >= 15 is 0 Å². The van der Waals surface area contributed by atoms with Crippen LogP contribution in [0, 0.1) is 13.8 Å². The van der Waals surface area contributed by atoms with Crippen LogP contribution in [-0.2, 0) is 11.3 Å². The second kappa shape index (κ2) is 3.66. The van der Waals surface area contributed by atoms with Crippen LogP contribution < -0.4 is 4.74 Å². The SMILES string of the molecule is Cc1cc(C)c2c(c1)CN(C)CC(=O)O2. The molecule has 0 N–H and O–H groups in total. The molecule has 0 saturated heterocycles. The van der Waals surface area contributed by atoms with E-state index in [0.29, 0.717) is 6.54 Å². The van der Waals surface area contributed by atoms with E-state index in [1.807, 2.05) is 24.9 Å². The van der Waals surface area contributed by atoms with Gasteiger partial charge in [0.25, 0.3) is 0 Å². The summed E-state index contributed by atoms with van der Waals surface area (Å²) in [6.07, 6.45) is 0.